The van der Waals surface area contributed by atoms with Gasteiger partial charge < -0.3 is 14.9 Å². The van der Waals surface area contributed by atoms with Gasteiger partial charge in [0.05, 0.1) is 12.7 Å². The van der Waals surface area contributed by atoms with Gasteiger partial charge in [0, 0.05) is 7.11 Å². The number of aliphatic hydroxyl groups excluding tert-OH is 1. The number of phenolic OH excluding ortho intramolecular Hbond substituents is 1. The summed E-state index contributed by atoms with van der Waals surface area (Å²) in [5.41, 5.74) is 3.97. The van der Waals surface area contributed by atoms with E-state index in [-0.39, 0.29) is 11.5 Å². The maximum Gasteiger partial charge on any atom is 0.119 e. The van der Waals surface area contributed by atoms with Crippen molar-refractivity contribution in [2.45, 2.75) is 63.9 Å². The average molecular weight is 330 g/mol. The first kappa shape index (κ1) is 16.4. The zero-order chi connectivity index (χ0) is 16.9. The molecule has 3 aliphatic rings. The molecular formula is C21H30O3. The number of benzene rings is 1. The van der Waals surface area contributed by atoms with Crippen LogP contribution in [0.4, 0.5) is 0 Å². The molecule has 132 valence electrons. The Bertz CT molecular complexity index is 626. The van der Waals surface area contributed by atoms with Crippen molar-refractivity contribution in [1.29, 1.82) is 0 Å². The van der Waals surface area contributed by atoms with E-state index < -0.39 is 0 Å². The number of ether oxygens (including phenoxy) is 1. The maximum atomic E-state index is 10.5. The van der Waals surface area contributed by atoms with Gasteiger partial charge in [0.15, 0.2) is 0 Å². The minimum atomic E-state index is -0.109. The van der Waals surface area contributed by atoms with Gasteiger partial charge in [0.2, 0.25) is 0 Å². The number of phenols is 1. The molecule has 2 N–H and O–H groups in total. The van der Waals surface area contributed by atoms with Gasteiger partial charge in [-0.1, -0.05) is 13.0 Å². The molecule has 3 aliphatic carbocycles. The Balaban J connectivity index is 1.66. The van der Waals surface area contributed by atoms with Gasteiger partial charge in [-0.15, -0.1) is 0 Å². The monoisotopic (exact) mass is 330 g/mol. The van der Waals surface area contributed by atoms with Crippen LogP contribution in [0.25, 0.3) is 0 Å². The Morgan fingerprint density at radius 1 is 1.21 bits per heavy atom. The molecule has 1 aromatic carbocycles. The van der Waals surface area contributed by atoms with Crippen LogP contribution in [-0.2, 0) is 17.6 Å². The van der Waals surface area contributed by atoms with Gasteiger partial charge in [-0.05, 0) is 90.9 Å². The van der Waals surface area contributed by atoms with E-state index in [1.807, 2.05) is 6.07 Å². The van der Waals surface area contributed by atoms with Gasteiger partial charge in [0.25, 0.3) is 0 Å². The van der Waals surface area contributed by atoms with E-state index in [0.29, 0.717) is 30.1 Å². The number of rotatable bonds is 3. The standard InChI is InChI=1S/C21H30O3/c1-21-9-7-15-16(18(21)5-6-20(21)23)4-3-13-12-19(22)14(8-10-24-2)11-17(13)15/h11-12,15-16,18,20,22-23H,3-10H2,1-2H3/t15-,16+,18-,20-,21-/m0/s1. The fraction of sp³-hybridized carbons (Fsp3) is 0.714. The highest BCUT2D eigenvalue weighted by molar-refractivity contribution is 5.45. The minimum absolute atomic E-state index is 0.109. The highest BCUT2D eigenvalue weighted by Gasteiger charge is 2.54. The zero-order valence-corrected chi connectivity index (χ0v) is 14.9. The van der Waals surface area contributed by atoms with Crippen molar-refractivity contribution in [1.82, 2.24) is 0 Å². The molecule has 3 heteroatoms. The van der Waals surface area contributed by atoms with E-state index in [1.165, 1.54) is 30.4 Å². The topological polar surface area (TPSA) is 49.7 Å². The first-order chi connectivity index (χ1) is 11.5. The lowest BCUT2D eigenvalue weighted by Crippen LogP contribution is -2.43. The van der Waals surface area contributed by atoms with E-state index in [1.54, 1.807) is 7.11 Å². The van der Waals surface area contributed by atoms with Crippen molar-refractivity contribution < 1.29 is 14.9 Å². The number of hydrogen-bond acceptors (Lipinski definition) is 3. The smallest absolute Gasteiger partial charge is 0.119 e. The molecule has 1 aromatic rings. The molecule has 0 heterocycles. The van der Waals surface area contributed by atoms with Gasteiger partial charge in [-0.3, -0.25) is 0 Å². The molecule has 0 spiro atoms. The van der Waals surface area contributed by atoms with Crippen molar-refractivity contribution in [3.8, 4) is 5.75 Å². The summed E-state index contributed by atoms with van der Waals surface area (Å²) in [4.78, 5) is 0. The van der Waals surface area contributed by atoms with Crippen molar-refractivity contribution in [3.05, 3.63) is 28.8 Å². The molecule has 0 radical (unpaired) electrons. The first-order valence-electron chi connectivity index (χ1n) is 9.56. The second kappa shape index (κ2) is 6.03. The number of hydrogen-bond donors (Lipinski definition) is 2. The molecule has 24 heavy (non-hydrogen) atoms. The molecule has 4 rings (SSSR count). The van der Waals surface area contributed by atoms with Crippen molar-refractivity contribution in [2.24, 2.45) is 17.3 Å². The maximum absolute atomic E-state index is 10.5. The summed E-state index contributed by atoms with van der Waals surface area (Å²) in [6.07, 6.45) is 7.41. The lowest BCUT2D eigenvalue weighted by atomic mass is 9.55. The largest absolute Gasteiger partial charge is 0.508 e. The Labute approximate surface area is 145 Å². The number of methoxy groups -OCH3 is 1. The third kappa shape index (κ3) is 2.40. The minimum Gasteiger partial charge on any atom is -0.508 e. The molecule has 0 amide bonds. The lowest BCUT2D eigenvalue weighted by molar-refractivity contribution is -0.0226. The average Bonchev–Trinajstić information content (AvgIpc) is 2.88. The highest BCUT2D eigenvalue weighted by atomic mass is 16.5. The van der Waals surface area contributed by atoms with E-state index in [4.69, 9.17) is 4.74 Å². The van der Waals surface area contributed by atoms with Crippen LogP contribution in [-0.4, -0.2) is 30.0 Å². The van der Waals surface area contributed by atoms with E-state index in [0.717, 1.165) is 31.2 Å². The van der Waals surface area contributed by atoms with Crippen LogP contribution in [0.2, 0.25) is 0 Å². The number of fused-ring (bicyclic) bond motifs is 5. The van der Waals surface area contributed by atoms with Crippen molar-refractivity contribution in [3.63, 3.8) is 0 Å². The molecule has 0 saturated heterocycles. The van der Waals surface area contributed by atoms with Crippen LogP contribution in [0.3, 0.4) is 0 Å². The van der Waals surface area contributed by atoms with Crippen LogP contribution in [0.15, 0.2) is 12.1 Å². The number of aliphatic hydroxyl groups is 1. The number of aromatic hydroxyl groups is 1. The second-order valence-corrected chi connectivity index (χ2v) is 8.48. The van der Waals surface area contributed by atoms with Crippen molar-refractivity contribution >= 4 is 0 Å². The summed E-state index contributed by atoms with van der Waals surface area (Å²) in [6.45, 7) is 2.97. The fourth-order valence-corrected chi connectivity index (χ4v) is 6.04. The molecule has 0 aromatic heterocycles. The molecular weight excluding hydrogens is 300 g/mol. The molecule has 2 saturated carbocycles. The van der Waals surface area contributed by atoms with Gasteiger partial charge in [-0.25, -0.2) is 0 Å². The third-order valence-corrected chi connectivity index (χ3v) is 7.45. The molecule has 0 unspecified atom stereocenters. The Hall–Kier alpha value is -1.06. The molecule has 2 fully saturated rings. The van der Waals surface area contributed by atoms with E-state index in [9.17, 15) is 10.2 Å². The van der Waals surface area contributed by atoms with E-state index in [2.05, 4.69) is 13.0 Å². The van der Waals surface area contributed by atoms with E-state index >= 15 is 0 Å². The predicted octanol–water partition coefficient (Wildman–Crippen LogP) is 3.80. The van der Waals surface area contributed by atoms with Crippen LogP contribution in [0.1, 0.15) is 61.6 Å². The summed E-state index contributed by atoms with van der Waals surface area (Å²) in [6, 6.07) is 4.27. The first-order valence-corrected chi connectivity index (χ1v) is 9.56. The summed E-state index contributed by atoms with van der Waals surface area (Å²) < 4.78 is 5.19. The van der Waals surface area contributed by atoms with Crippen LogP contribution < -0.4 is 0 Å². The molecule has 0 bridgehead atoms. The predicted molar refractivity (Wildman–Crippen MR) is 94.3 cm³/mol. The zero-order valence-electron chi connectivity index (χ0n) is 14.9. The molecule has 3 nitrogen and oxygen atoms in total. The quantitative estimate of drug-likeness (QED) is 0.886. The Morgan fingerprint density at radius 2 is 2.04 bits per heavy atom. The summed E-state index contributed by atoms with van der Waals surface area (Å²) in [7, 11) is 1.71. The van der Waals surface area contributed by atoms with Crippen LogP contribution in [0, 0.1) is 17.3 Å². The van der Waals surface area contributed by atoms with Crippen molar-refractivity contribution in [2.75, 3.05) is 13.7 Å². The lowest BCUT2D eigenvalue weighted by Gasteiger charge is -2.50. The van der Waals surface area contributed by atoms with Crippen LogP contribution >= 0.6 is 0 Å². The summed E-state index contributed by atoms with van der Waals surface area (Å²) in [5, 5.41) is 20.8. The van der Waals surface area contributed by atoms with Crippen LogP contribution in [0.5, 0.6) is 5.75 Å². The third-order valence-electron chi connectivity index (χ3n) is 7.45. The van der Waals surface area contributed by atoms with Gasteiger partial charge in [0.1, 0.15) is 5.75 Å². The summed E-state index contributed by atoms with van der Waals surface area (Å²) >= 11 is 0. The number of aryl methyl sites for hydroxylation is 1. The highest BCUT2D eigenvalue weighted by Crippen LogP contribution is 2.61. The Kier molecular flexibility index (Phi) is 4.12. The summed E-state index contributed by atoms with van der Waals surface area (Å²) in [5.74, 6) is 2.41. The SMILES string of the molecule is COCCc1cc2c(cc1O)CC[C@@H]1[C@@H]2CC[C@]2(C)[C@@H](O)CC[C@@H]12. The Morgan fingerprint density at radius 3 is 2.83 bits per heavy atom. The van der Waals surface area contributed by atoms with Gasteiger partial charge >= 0.3 is 0 Å². The normalized spacial score (nSPS) is 37.6. The fourth-order valence-electron chi connectivity index (χ4n) is 6.04. The molecule has 5 atom stereocenters. The van der Waals surface area contributed by atoms with Gasteiger partial charge in [-0.2, -0.15) is 0 Å². The second-order valence-electron chi connectivity index (χ2n) is 8.48. The molecule has 0 aliphatic heterocycles.